The monoisotopic (exact) mass is 394 g/mol. The largest absolute Gasteiger partial charge is 0.312 e. The van der Waals surface area contributed by atoms with Gasteiger partial charge in [0.25, 0.3) is 0 Å². The summed E-state index contributed by atoms with van der Waals surface area (Å²) >= 11 is 4.85. The quantitative estimate of drug-likeness (QED) is 0.514. The molecule has 1 aromatic heterocycles. The van der Waals surface area contributed by atoms with Crippen molar-refractivity contribution in [2.45, 2.75) is 38.6 Å². The van der Waals surface area contributed by atoms with Gasteiger partial charge in [-0.3, -0.25) is 0 Å². The van der Waals surface area contributed by atoms with Crippen LogP contribution in [0.5, 0.6) is 0 Å². The Morgan fingerprint density at radius 2 is 2.14 bits per heavy atom. The average molecular weight is 395 g/mol. The summed E-state index contributed by atoms with van der Waals surface area (Å²) in [6, 6.07) is 1.76. The molecule has 4 nitrogen and oxygen atoms in total. The van der Waals surface area contributed by atoms with Crippen LogP contribution in [0.25, 0.3) is 0 Å². The van der Waals surface area contributed by atoms with Gasteiger partial charge in [-0.05, 0) is 41.9 Å². The highest BCUT2D eigenvalue weighted by atomic mass is 79.9. The van der Waals surface area contributed by atoms with Gasteiger partial charge in [-0.1, -0.05) is 26.0 Å². The van der Waals surface area contributed by atoms with Crippen LogP contribution in [0.2, 0.25) is 0 Å². The van der Waals surface area contributed by atoms with E-state index in [0.717, 1.165) is 23.4 Å². The van der Waals surface area contributed by atoms with E-state index in [9.17, 15) is 8.42 Å². The molecule has 0 amide bonds. The summed E-state index contributed by atoms with van der Waals surface area (Å²) in [5.74, 6) is 0. The second kappa shape index (κ2) is 8.43. The van der Waals surface area contributed by atoms with Crippen molar-refractivity contribution in [3.63, 3.8) is 0 Å². The molecular weight excluding hydrogens is 372 g/mol. The normalized spacial score (nSPS) is 12.0. The van der Waals surface area contributed by atoms with Gasteiger partial charge >= 0.3 is 0 Å². The minimum Gasteiger partial charge on any atom is -0.312 e. The molecule has 0 aliphatic heterocycles. The predicted octanol–water partition coefficient (Wildman–Crippen LogP) is 3.60. The Kier molecular flexibility index (Phi) is 7.56. The van der Waals surface area contributed by atoms with E-state index in [4.69, 9.17) is 0 Å². The first-order valence-corrected chi connectivity index (χ1v) is 10.0. The summed E-state index contributed by atoms with van der Waals surface area (Å²) in [5, 5.41) is 3.29. The van der Waals surface area contributed by atoms with Crippen molar-refractivity contribution in [1.82, 2.24) is 9.62 Å². The SMILES string of the molecule is C=C(C)CN(CC)S(=O)(=O)c1cc(CNCCC)sc1Br. The molecule has 0 atom stereocenters. The van der Waals surface area contributed by atoms with E-state index in [2.05, 4.69) is 34.7 Å². The summed E-state index contributed by atoms with van der Waals surface area (Å²) in [6.45, 7) is 12.0. The van der Waals surface area contributed by atoms with E-state index in [1.807, 2.05) is 13.8 Å². The maximum absolute atomic E-state index is 12.7. The van der Waals surface area contributed by atoms with Crippen molar-refractivity contribution in [1.29, 1.82) is 0 Å². The van der Waals surface area contributed by atoms with Gasteiger partial charge in [0.2, 0.25) is 10.0 Å². The summed E-state index contributed by atoms with van der Waals surface area (Å²) in [7, 11) is -3.48. The lowest BCUT2D eigenvalue weighted by Gasteiger charge is -2.20. The predicted molar refractivity (Wildman–Crippen MR) is 93.3 cm³/mol. The van der Waals surface area contributed by atoms with Gasteiger partial charge in [-0.25, -0.2) is 8.42 Å². The topological polar surface area (TPSA) is 49.4 Å². The molecule has 1 N–H and O–H groups in total. The molecule has 0 aromatic carbocycles. The van der Waals surface area contributed by atoms with Crippen molar-refractivity contribution in [3.8, 4) is 0 Å². The number of hydrogen-bond donors (Lipinski definition) is 1. The number of sulfonamides is 1. The second-order valence-electron chi connectivity index (χ2n) is 4.92. The molecule has 0 saturated carbocycles. The molecule has 0 bridgehead atoms. The van der Waals surface area contributed by atoms with Gasteiger partial charge in [0.1, 0.15) is 4.90 Å². The van der Waals surface area contributed by atoms with Gasteiger partial charge in [-0.2, -0.15) is 4.31 Å². The van der Waals surface area contributed by atoms with Crippen molar-refractivity contribution >= 4 is 37.3 Å². The third-order valence-electron chi connectivity index (χ3n) is 2.85. The summed E-state index contributed by atoms with van der Waals surface area (Å²) < 4.78 is 27.5. The van der Waals surface area contributed by atoms with E-state index in [1.54, 1.807) is 6.07 Å². The summed E-state index contributed by atoms with van der Waals surface area (Å²) in [6.07, 6.45) is 1.06. The number of hydrogen-bond acceptors (Lipinski definition) is 4. The molecule has 1 heterocycles. The summed E-state index contributed by atoms with van der Waals surface area (Å²) in [5.41, 5.74) is 0.830. The first-order valence-electron chi connectivity index (χ1n) is 6.96. The second-order valence-corrected chi connectivity index (χ2v) is 9.28. The van der Waals surface area contributed by atoms with Crippen LogP contribution in [-0.4, -0.2) is 32.4 Å². The van der Waals surface area contributed by atoms with Gasteiger partial charge < -0.3 is 5.32 Å². The fraction of sp³-hybridized carbons (Fsp3) is 0.571. The zero-order valence-electron chi connectivity index (χ0n) is 12.8. The van der Waals surface area contributed by atoms with Crippen molar-refractivity contribution in [2.75, 3.05) is 19.6 Å². The van der Waals surface area contributed by atoms with Crippen LogP contribution in [0.1, 0.15) is 32.1 Å². The minimum absolute atomic E-state index is 0.351. The molecule has 1 rings (SSSR count). The Morgan fingerprint density at radius 3 is 2.67 bits per heavy atom. The van der Waals surface area contributed by atoms with Crippen LogP contribution in [0.4, 0.5) is 0 Å². The van der Waals surface area contributed by atoms with E-state index >= 15 is 0 Å². The fourth-order valence-corrected chi connectivity index (χ4v) is 5.97. The Bertz CT molecular complexity index is 582. The number of thiophene rings is 1. The van der Waals surface area contributed by atoms with Crippen LogP contribution in [0.15, 0.2) is 26.9 Å². The molecule has 0 fully saturated rings. The highest BCUT2D eigenvalue weighted by molar-refractivity contribution is 9.11. The Hall–Kier alpha value is -0.210. The van der Waals surface area contributed by atoms with Crippen molar-refractivity contribution < 1.29 is 8.42 Å². The smallest absolute Gasteiger partial charge is 0.245 e. The maximum atomic E-state index is 12.7. The number of likely N-dealkylation sites (N-methyl/N-ethyl adjacent to an activating group) is 1. The van der Waals surface area contributed by atoms with E-state index in [-0.39, 0.29) is 0 Å². The van der Waals surface area contributed by atoms with Gasteiger partial charge in [0, 0.05) is 24.5 Å². The van der Waals surface area contributed by atoms with Crippen molar-refractivity contribution in [2.24, 2.45) is 0 Å². The Morgan fingerprint density at radius 1 is 1.48 bits per heavy atom. The zero-order chi connectivity index (χ0) is 16.0. The van der Waals surface area contributed by atoms with Gasteiger partial charge in [0.15, 0.2) is 0 Å². The molecule has 0 radical (unpaired) electrons. The Balaban J connectivity index is 2.99. The van der Waals surface area contributed by atoms with E-state index in [0.29, 0.717) is 28.3 Å². The summed E-state index contributed by atoms with van der Waals surface area (Å²) in [4.78, 5) is 1.36. The molecule has 0 spiro atoms. The number of nitrogens with zero attached hydrogens (tertiary/aromatic N) is 1. The molecule has 0 unspecified atom stereocenters. The average Bonchev–Trinajstić information content (AvgIpc) is 2.78. The van der Waals surface area contributed by atoms with Crippen molar-refractivity contribution in [3.05, 3.63) is 26.9 Å². The molecule has 21 heavy (non-hydrogen) atoms. The van der Waals surface area contributed by atoms with Gasteiger partial charge in [-0.15, -0.1) is 11.3 Å². The van der Waals surface area contributed by atoms with Crippen LogP contribution in [0, 0.1) is 0 Å². The van der Waals surface area contributed by atoms with Crippen LogP contribution < -0.4 is 5.32 Å². The highest BCUT2D eigenvalue weighted by Crippen LogP contribution is 2.33. The molecular formula is C14H23BrN2O2S2. The molecule has 0 aliphatic carbocycles. The molecule has 1 aromatic rings. The lowest BCUT2D eigenvalue weighted by Crippen LogP contribution is -2.32. The Labute approximate surface area is 140 Å². The van der Waals surface area contributed by atoms with E-state index < -0.39 is 10.0 Å². The van der Waals surface area contributed by atoms with Crippen LogP contribution in [-0.2, 0) is 16.6 Å². The third kappa shape index (κ3) is 5.17. The first kappa shape index (κ1) is 18.8. The van der Waals surface area contributed by atoms with Crippen LogP contribution in [0.3, 0.4) is 0 Å². The molecule has 0 saturated heterocycles. The number of rotatable bonds is 9. The number of nitrogens with one attached hydrogen (secondary N) is 1. The van der Waals surface area contributed by atoms with Crippen LogP contribution >= 0.6 is 27.3 Å². The first-order chi connectivity index (χ1) is 9.82. The third-order valence-corrected chi connectivity index (χ3v) is 7.02. The van der Waals surface area contributed by atoms with Gasteiger partial charge in [0.05, 0.1) is 3.79 Å². The number of halogens is 1. The maximum Gasteiger partial charge on any atom is 0.245 e. The standard InChI is InChI=1S/C14H23BrN2O2S2/c1-5-7-16-9-12-8-13(14(15)20-12)21(18,19)17(6-2)10-11(3)4/h8,16H,3,5-7,9-10H2,1-2,4H3. The highest BCUT2D eigenvalue weighted by Gasteiger charge is 2.27. The molecule has 120 valence electrons. The zero-order valence-corrected chi connectivity index (χ0v) is 16.0. The molecule has 0 aliphatic rings. The minimum atomic E-state index is -3.48. The van der Waals surface area contributed by atoms with E-state index in [1.165, 1.54) is 15.6 Å². The lowest BCUT2D eigenvalue weighted by atomic mass is 10.3. The lowest BCUT2D eigenvalue weighted by molar-refractivity contribution is 0.453. The molecule has 7 heteroatoms. The fourth-order valence-electron chi connectivity index (χ4n) is 1.86.